The van der Waals surface area contributed by atoms with Crippen LogP contribution in [-0.4, -0.2) is 37.6 Å². The first-order valence-corrected chi connectivity index (χ1v) is 3.76. The molecule has 2 aliphatic heterocycles. The van der Waals surface area contributed by atoms with E-state index < -0.39 is 0 Å². The van der Waals surface area contributed by atoms with E-state index >= 15 is 0 Å². The average molecular weight is 126 g/mol. The van der Waals surface area contributed by atoms with Crippen molar-refractivity contribution in [2.24, 2.45) is 5.92 Å². The first kappa shape index (κ1) is 5.69. The normalized spacial score (nSPS) is 43.7. The molecule has 0 amide bonds. The van der Waals surface area contributed by atoms with E-state index in [9.17, 15) is 0 Å². The van der Waals surface area contributed by atoms with Crippen LogP contribution in [0.2, 0.25) is 0 Å². The number of hydrogen-bond donors (Lipinski definition) is 1. The van der Waals surface area contributed by atoms with Gasteiger partial charge in [-0.1, -0.05) is 0 Å². The third kappa shape index (κ3) is 0.970. The van der Waals surface area contributed by atoms with E-state index in [0.29, 0.717) is 0 Å². The Kier molecular flexibility index (Phi) is 1.24. The van der Waals surface area contributed by atoms with E-state index in [-0.39, 0.29) is 0 Å². The van der Waals surface area contributed by atoms with Crippen molar-refractivity contribution >= 4 is 0 Å². The number of hydrogen-bond acceptors (Lipinski definition) is 2. The molecule has 0 unspecified atom stereocenters. The fourth-order valence-electron chi connectivity index (χ4n) is 2.07. The van der Waals surface area contributed by atoms with E-state index in [1.807, 2.05) is 0 Å². The van der Waals surface area contributed by atoms with Crippen molar-refractivity contribution in [3.8, 4) is 0 Å². The zero-order valence-corrected chi connectivity index (χ0v) is 5.93. The molecular formula is C7H14N2. The highest BCUT2D eigenvalue weighted by atomic mass is 15.2. The Balaban J connectivity index is 2.03. The van der Waals surface area contributed by atoms with Gasteiger partial charge in [0.05, 0.1) is 0 Å². The molecule has 2 aliphatic rings. The lowest BCUT2D eigenvalue weighted by Gasteiger charge is -2.26. The molecule has 2 bridgehead atoms. The minimum Gasteiger partial charge on any atom is -0.312 e. The molecule has 0 aromatic carbocycles. The Bertz CT molecular complexity index is 101. The lowest BCUT2D eigenvalue weighted by atomic mass is 10.0. The molecule has 0 aromatic heterocycles. The van der Waals surface area contributed by atoms with Crippen LogP contribution in [0.5, 0.6) is 0 Å². The van der Waals surface area contributed by atoms with Gasteiger partial charge in [0.2, 0.25) is 0 Å². The van der Waals surface area contributed by atoms with Crippen LogP contribution in [0.15, 0.2) is 0 Å². The maximum Gasteiger partial charge on any atom is 0.0198 e. The van der Waals surface area contributed by atoms with Crippen LogP contribution in [0.4, 0.5) is 0 Å². The Labute approximate surface area is 56.2 Å². The molecule has 0 saturated carbocycles. The summed E-state index contributed by atoms with van der Waals surface area (Å²) in [7, 11) is 2.21. The summed E-state index contributed by atoms with van der Waals surface area (Å²) in [5.74, 6) is 0.953. The van der Waals surface area contributed by atoms with E-state index in [1.54, 1.807) is 0 Å². The molecule has 0 spiro atoms. The number of nitrogens with one attached hydrogen (secondary N) is 1. The highest BCUT2D eigenvalue weighted by Crippen LogP contribution is 2.20. The Morgan fingerprint density at radius 1 is 1.44 bits per heavy atom. The van der Waals surface area contributed by atoms with Gasteiger partial charge in [-0.3, -0.25) is 0 Å². The third-order valence-corrected chi connectivity index (χ3v) is 2.41. The molecule has 2 heteroatoms. The third-order valence-electron chi connectivity index (χ3n) is 2.41. The zero-order valence-electron chi connectivity index (χ0n) is 5.93. The minimum atomic E-state index is 0.814. The van der Waals surface area contributed by atoms with Crippen LogP contribution in [0.3, 0.4) is 0 Å². The van der Waals surface area contributed by atoms with Gasteiger partial charge in [-0.25, -0.2) is 0 Å². The number of likely N-dealkylation sites (tertiary alicyclic amines) is 1. The maximum absolute atomic E-state index is 3.51. The van der Waals surface area contributed by atoms with Gasteiger partial charge in [-0.05, 0) is 25.9 Å². The van der Waals surface area contributed by atoms with Crippen molar-refractivity contribution in [2.75, 3.05) is 26.7 Å². The van der Waals surface area contributed by atoms with Gasteiger partial charge < -0.3 is 10.2 Å². The number of nitrogens with zero attached hydrogens (tertiary/aromatic N) is 1. The van der Waals surface area contributed by atoms with Crippen LogP contribution < -0.4 is 5.32 Å². The van der Waals surface area contributed by atoms with E-state index in [0.717, 1.165) is 12.0 Å². The van der Waals surface area contributed by atoms with Crippen LogP contribution in [0.25, 0.3) is 0 Å². The second-order valence-electron chi connectivity index (χ2n) is 3.43. The van der Waals surface area contributed by atoms with Crippen LogP contribution in [-0.2, 0) is 0 Å². The lowest BCUT2D eigenvalue weighted by Crippen LogP contribution is -2.38. The summed E-state index contributed by atoms with van der Waals surface area (Å²) in [6.45, 7) is 3.83. The number of likely N-dealkylation sites (N-methyl/N-ethyl adjacent to an activating group) is 1. The highest BCUT2D eigenvalue weighted by Gasteiger charge is 2.30. The Morgan fingerprint density at radius 2 is 2.33 bits per heavy atom. The first-order chi connectivity index (χ1) is 4.34. The first-order valence-electron chi connectivity index (χ1n) is 3.76. The van der Waals surface area contributed by atoms with Gasteiger partial charge in [-0.2, -0.15) is 0 Å². The van der Waals surface area contributed by atoms with Gasteiger partial charge in [-0.15, -0.1) is 0 Å². The summed E-state index contributed by atoms with van der Waals surface area (Å²) in [5.41, 5.74) is 0. The summed E-state index contributed by atoms with van der Waals surface area (Å²) in [4.78, 5) is 2.43. The number of fused-ring (bicyclic) bond motifs is 2. The summed E-state index contributed by atoms with van der Waals surface area (Å²) in [5, 5.41) is 3.51. The Morgan fingerprint density at radius 3 is 3.11 bits per heavy atom. The molecule has 2 atom stereocenters. The SMILES string of the molecule is CN1C[C@@H]2CN[C@@H](C2)C1. The van der Waals surface area contributed by atoms with Crippen LogP contribution in [0.1, 0.15) is 6.42 Å². The molecule has 9 heavy (non-hydrogen) atoms. The largest absolute Gasteiger partial charge is 0.312 e. The molecule has 2 fully saturated rings. The average Bonchev–Trinajstić information content (AvgIpc) is 2.11. The predicted octanol–water partition coefficient (Wildman–Crippen LogP) is -0.0901. The molecule has 2 saturated heterocycles. The van der Waals surface area contributed by atoms with Crippen molar-refractivity contribution in [3.05, 3.63) is 0 Å². The summed E-state index contributed by atoms with van der Waals surface area (Å²) in [6, 6.07) is 0.814. The molecule has 2 rings (SSSR count). The van der Waals surface area contributed by atoms with E-state index in [4.69, 9.17) is 0 Å². The number of rotatable bonds is 0. The summed E-state index contributed by atoms with van der Waals surface area (Å²) in [6.07, 6.45) is 1.42. The van der Waals surface area contributed by atoms with E-state index in [1.165, 1.54) is 26.1 Å². The fraction of sp³-hybridized carbons (Fsp3) is 1.00. The molecule has 2 nitrogen and oxygen atoms in total. The monoisotopic (exact) mass is 126 g/mol. The molecule has 0 aromatic rings. The molecule has 0 aliphatic carbocycles. The van der Waals surface area contributed by atoms with Crippen molar-refractivity contribution in [3.63, 3.8) is 0 Å². The van der Waals surface area contributed by atoms with Gasteiger partial charge in [0.1, 0.15) is 0 Å². The quantitative estimate of drug-likeness (QED) is 0.488. The predicted molar refractivity (Wildman–Crippen MR) is 37.4 cm³/mol. The lowest BCUT2D eigenvalue weighted by molar-refractivity contribution is 0.233. The van der Waals surface area contributed by atoms with Gasteiger partial charge >= 0.3 is 0 Å². The van der Waals surface area contributed by atoms with Crippen molar-refractivity contribution in [1.82, 2.24) is 10.2 Å². The highest BCUT2D eigenvalue weighted by molar-refractivity contribution is 4.89. The van der Waals surface area contributed by atoms with Gasteiger partial charge in [0.15, 0.2) is 0 Å². The molecule has 52 valence electrons. The smallest absolute Gasteiger partial charge is 0.0198 e. The van der Waals surface area contributed by atoms with Gasteiger partial charge in [0, 0.05) is 19.1 Å². The fourth-order valence-corrected chi connectivity index (χ4v) is 2.07. The topological polar surface area (TPSA) is 15.3 Å². The molecule has 1 N–H and O–H groups in total. The van der Waals surface area contributed by atoms with Crippen molar-refractivity contribution in [1.29, 1.82) is 0 Å². The molecular weight excluding hydrogens is 112 g/mol. The molecule has 0 radical (unpaired) electrons. The van der Waals surface area contributed by atoms with Gasteiger partial charge in [0.25, 0.3) is 0 Å². The Hall–Kier alpha value is -0.0800. The van der Waals surface area contributed by atoms with Crippen molar-refractivity contribution < 1.29 is 0 Å². The summed E-state index contributed by atoms with van der Waals surface area (Å²) >= 11 is 0. The maximum atomic E-state index is 3.51. The second kappa shape index (κ2) is 1.96. The van der Waals surface area contributed by atoms with Crippen LogP contribution in [0, 0.1) is 5.92 Å². The van der Waals surface area contributed by atoms with Crippen molar-refractivity contribution in [2.45, 2.75) is 12.5 Å². The van der Waals surface area contributed by atoms with E-state index in [2.05, 4.69) is 17.3 Å². The summed E-state index contributed by atoms with van der Waals surface area (Å²) < 4.78 is 0. The minimum absolute atomic E-state index is 0.814. The van der Waals surface area contributed by atoms with Crippen LogP contribution >= 0.6 is 0 Å². The standard InChI is InChI=1S/C7H14N2/c1-9-4-6-2-7(5-9)8-3-6/h6-8H,2-5H2,1H3/t6-,7-/m0/s1. The number of piperidine rings is 1. The second-order valence-corrected chi connectivity index (χ2v) is 3.43. The molecule has 2 heterocycles. The zero-order chi connectivity index (χ0) is 6.27.